The molecule has 94 valence electrons. The summed E-state index contributed by atoms with van der Waals surface area (Å²) in [4.78, 5) is 17.8. The Morgan fingerprint density at radius 2 is 2.33 bits per heavy atom. The Morgan fingerprint density at radius 3 is 2.89 bits per heavy atom. The molecule has 0 aliphatic rings. The Labute approximate surface area is 109 Å². The molecule has 6 heteroatoms. The Balaban J connectivity index is 2.05. The normalized spacial score (nSPS) is 10.1. The van der Waals surface area contributed by atoms with E-state index in [0.717, 1.165) is 5.56 Å². The molecule has 2 aromatic heterocycles. The molecule has 0 saturated carbocycles. The van der Waals surface area contributed by atoms with E-state index in [9.17, 15) is 4.79 Å². The van der Waals surface area contributed by atoms with Gasteiger partial charge >= 0.3 is 0 Å². The van der Waals surface area contributed by atoms with Crippen LogP contribution in [0.2, 0.25) is 0 Å². The molecule has 0 aliphatic heterocycles. The van der Waals surface area contributed by atoms with Crippen LogP contribution >= 0.6 is 11.3 Å². The number of carbonyl (C=O) groups is 1. The van der Waals surface area contributed by atoms with E-state index in [0.29, 0.717) is 17.9 Å². The summed E-state index contributed by atoms with van der Waals surface area (Å²) < 4.78 is 0. The lowest BCUT2D eigenvalue weighted by molar-refractivity contribution is 0.0779. The standard InChI is InChI=1S/C12H14N4OS/c1-16(7-9-4-5-18-8-9)12(17)11-3-2-10(15-13)6-14-11/h2-6,8,15H,7,13H2,1H3. The number of hydrogen-bond donors (Lipinski definition) is 2. The van der Waals surface area contributed by atoms with Crippen LogP contribution < -0.4 is 11.3 Å². The van der Waals surface area contributed by atoms with Crippen molar-refractivity contribution in [1.82, 2.24) is 9.88 Å². The van der Waals surface area contributed by atoms with Crippen molar-refractivity contribution in [2.24, 2.45) is 5.84 Å². The molecule has 3 N–H and O–H groups in total. The van der Waals surface area contributed by atoms with Gasteiger partial charge in [0.2, 0.25) is 0 Å². The first-order valence-electron chi connectivity index (χ1n) is 5.40. The zero-order chi connectivity index (χ0) is 13.0. The molecule has 0 bridgehead atoms. The molecule has 2 rings (SSSR count). The van der Waals surface area contributed by atoms with E-state index < -0.39 is 0 Å². The van der Waals surface area contributed by atoms with Crippen LogP contribution in [-0.4, -0.2) is 22.8 Å². The molecule has 0 atom stereocenters. The molecule has 0 fully saturated rings. The van der Waals surface area contributed by atoms with Crippen molar-refractivity contribution < 1.29 is 4.79 Å². The van der Waals surface area contributed by atoms with Gasteiger partial charge in [0.1, 0.15) is 5.69 Å². The Kier molecular flexibility index (Phi) is 3.91. The summed E-state index contributed by atoms with van der Waals surface area (Å²) in [6.07, 6.45) is 1.53. The summed E-state index contributed by atoms with van der Waals surface area (Å²) >= 11 is 1.62. The Hall–Kier alpha value is -1.92. The maximum atomic E-state index is 12.1. The fourth-order valence-corrected chi connectivity index (χ4v) is 2.19. The predicted octanol–water partition coefficient (Wildman–Crippen LogP) is 1.70. The summed E-state index contributed by atoms with van der Waals surface area (Å²) in [6.45, 7) is 0.584. The van der Waals surface area contributed by atoms with Crippen LogP contribution in [-0.2, 0) is 6.54 Å². The van der Waals surface area contributed by atoms with E-state index in [-0.39, 0.29) is 5.91 Å². The maximum Gasteiger partial charge on any atom is 0.272 e. The summed E-state index contributed by atoms with van der Waals surface area (Å²) in [5, 5.41) is 4.02. The second-order valence-electron chi connectivity index (χ2n) is 3.87. The average molecular weight is 262 g/mol. The van der Waals surface area contributed by atoms with Crippen LogP contribution in [0, 0.1) is 0 Å². The SMILES string of the molecule is CN(Cc1ccsc1)C(=O)c1ccc(NN)cn1. The quantitative estimate of drug-likeness (QED) is 0.650. The molecule has 2 heterocycles. The van der Waals surface area contributed by atoms with E-state index >= 15 is 0 Å². The second-order valence-corrected chi connectivity index (χ2v) is 4.65. The molecule has 2 aromatic rings. The summed E-state index contributed by atoms with van der Waals surface area (Å²) in [5.74, 6) is 5.14. The van der Waals surface area contributed by atoms with Gasteiger partial charge in [-0.2, -0.15) is 11.3 Å². The topological polar surface area (TPSA) is 71.2 Å². The number of hydrazine groups is 1. The number of rotatable bonds is 4. The number of nitrogens with one attached hydrogen (secondary N) is 1. The van der Waals surface area contributed by atoms with E-state index in [4.69, 9.17) is 5.84 Å². The first-order valence-corrected chi connectivity index (χ1v) is 6.34. The molecule has 0 saturated heterocycles. The van der Waals surface area contributed by atoms with Crippen LogP contribution in [0.3, 0.4) is 0 Å². The highest BCUT2D eigenvalue weighted by molar-refractivity contribution is 7.07. The third-order valence-corrected chi connectivity index (χ3v) is 3.23. The first-order chi connectivity index (χ1) is 8.70. The van der Waals surface area contributed by atoms with Crippen LogP contribution in [0.15, 0.2) is 35.2 Å². The van der Waals surface area contributed by atoms with Gasteiger partial charge < -0.3 is 10.3 Å². The van der Waals surface area contributed by atoms with Gasteiger partial charge in [-0.15, -0.1) is 0 Å². The molecular formula is C12H14N4OS. The summed E-state index contributed by atoms with van der Waals surface area (Å²) in [7, 11) is 1.76. The zero-order valence-corrected chi connectivity index (χ0v) is 10.8. The molecule has 0 radical (unpaired) electrons. The van der Waals surface area contributed by atoms with E-state index in [2.05, 4.69) is 10.4 Å². The van der Waals surface area contributed by atoms with Crippen molar-refractivity contribution in [3.8, 4) is 0 Å². The van der Waals surface area contributed by atoms with Crippen molar-refractivity contribution in [2.45, 2.75) is 6.54 Å². The number of amides is 1. The van der Waals surface area contributed by atoms with Crippen LogP contribution in [0.25, 0.3) is 0 Å². The lowest BCUT2D eigenvalue weighted by atomic mass is 10.2. The van der Waals surface area contributed by atoms with Gasteiger partial charge in [-0.3, -0.25) is 10.6 Å². The number of nitrogens with two attached hydrogens (primary N) is 1. The van der Waals surface area contributed by atoms with Crippen LogP contribution in [0.1, 0.15) is 16.1 Å². The van der Waals surface area contributed by atoms with Crippen molar-refractivity contribution in [3.05, 3.63) is 46.4 Å². The molecular weight excluding hydrogens is 248 g/mol. The number of carbonyl (C=O) groups excluding carboxylic acids is 1. The van der Waals surface area contributed by atoms with E-state index in [1.165, 1.54) is 6.20 Å². The third kappa shape index (κ3) is 2.85. The number of hydrogen-bond acceptors (Lipinski definition) is 5. The molecule has 0 unspecified atom stereocenters. The molecule has 18 heavy (non-hydrogen) atoms. The van der Waals surface area contributed by atoms with E-state index in [1.54, 1.807) is 35.4 Å². The third-order valence-electron chi connectivity index (χ3n) is 2.50. The second kappa shape index (κ2) is 5.61. The average Bonchev–Trinajstić information content (AvgIpc) is 2.91. The van der Waals surface area contributed by atoms with Crippen LogP contribution in [0.4, 0.5) is 5.69 Å². The zero-order valence-electron chi connectivity index (χ0n) is 9.96. The van der Waals surface area contributed by atoms with Gasteiger partial charge in [-0.05, 0) is 34.5 Å². The van der Waals surface area contributed by atoms with Crippen molar-refractivity contribution in [3.63, 3.8) is 0 Å². The minimum atomic E-state index is -0.107. The van der Waals surface area contributed by atoms with Crippen molar-refractivity contribution >= 4 is 22.9 Å². The number of thiophene rings is 1. The Bertz CT molecular complexity index is 509. The predicted molar refractivity (Wildman–Crippen MR) is 72.2 cm³/mol. The van der Waals surface area contributed by atoms with Gasteiger partial charge in [0.05, 0.1) is 11.9 Å². The van der Waals surface area contributed by atoms with Gasteiger partial charge in [-0.1, -0.05) is 0 Å². The molecule has 0 spiro atoms. The summed E-state index contributed by atoms with van der Waals surface area (Å²) in [6, 6.07) is 5.38. The number of anilines is 1. The lowest BCUT2D eigenvalue weighted by Crippen LogP contribution is -2.26. The van der Waals surface area contributed by atoms with Crippen LogP contribution in [0.5, 0.6) is 0 Å². The fraction of sp³-hybridized carbons (Fsp3) is 0.167. The highest BCUT2D eigenvalue weighted by Crippen LogP contribution is 2.11. The monoisotopic (exact) mass is 262 g/mol. The van der Waals surface area contributed by atoms with Crippen molar-refractivity contribution in [1.29, 1.82) is 0 Å². The minimum Gasteiger partial charge on any atom is -0.336 e. The highest BCUT2D eigenvalue weighted by Gasteiger charge is 2.13. The smallest absolute Gasteiger partial charge is 0.272 e. The maximum absolute atomic E-state index is 12.1. The summed E-state index contributed by atoms with van der Waals surface area (Å²) in [5.41, 5.74) is 4.68. The largest absolute Gasteiger partial charge is 0.336 e. The first kappa shape index (κ1) is 12.5. The highest BCUT2D eigenvalue weighted by atomic mass is 32.1. The number of nitrogens with zero attached hydrogens (tertiary/aromatic N) is 2. The number of pyridine rings is 1. The molecule has 0 aliphatic carbocycles. The van der Waals surface area contributed by atoms with Crippen molar-refractivity contribution in [2.75, 3.05) is 12.5 Å². The van der Waals surface area contributed by atoms with Gasteiger partial charge in [0.25, 0.3) is 5.91 Å². The molecule has 0 aromatic carbocycles. The lowest BCUT2D eigenvalue weighted by Gasteiger charge is -2.15. The fourth-order valence-electron chi connectivity index (χ4n) is 1.53. The molecule has 1 amide bonds. The number of aromatic nitrogens is 1. The van der Waals surface area contributed by atoms with Gasteiger partial charge in [0.15, 0.2) is 0 Å². The molecule has 5 nitrogen and oxygen atoms in total. The number of nitrogen functional groups attached to an aromatic ring is 1. The van der Waals surface area contributed by atoms with Gasteiger partial charge in [0, 0.05) is 13.6 Å². The van der Waals surface area contributed by atoms with Gasteiger partial charge in [-0.25, -0.2) is 4.98 Å². The Morgan fingerprint density at radius 1 is 1.50 bits per heavy atom. The minimum absolute atomic E-state index is 0.107. The van der Waals surface area contributed by atoms with E-state index in [1.807, 2.05) is 16.8 Å².